The van der Waals surface area contributed by atoms with Crippen molar-refractivity contribution in [1.29, 1.82) is 0 Å². The van der Waals surface area contributed by atoms with Crippen molar-refractivity contribution in [2.24, 2.45) is 5.92 Å². The van der Waals surface area contributed by atoms with Crippen molar-refractivity contribution in [3.8, 4) is 5.75 Å². The number of amides is 2. The average molecular weight is 358 g/mol. The fourth-order valence-electron chi connectivity index (χ4n) is 3.13. The maximum absolute atomic E-state index is 12.4. The monoisotopic (exact) mass is 358 g/mol. The van der Waals surface area contributed by atoms with Crippen molar-refractivity contribution in [2.45, 2.75) is 24.7 Å². The Kier molecular flexibility index (Phi) is 4.12. The van der Waals surface area contributed by atoms with Gasteiger partial charge in [-0.25, -0.2) is 4.98 Å². The van der Waals surface area contributed by atoms with Crippen LogP contribution in [0.4, 0.5) is 5.69 Å². The van der Waals surface area contributed by atoms with Crippen LogP contribution in [0, 0.1) is 5.92 Å². The van der Waals surface area contributed by atoms with Gasteiger partial charge >= 0.3 is 0 Å². The van der Waals surface area contributed by atoms with E-state index in [1.165, 1.54) is 12.1 Å². The summed E-state index contributed by atoms with van der Waals surface area (Å²) in [5.74, 6) is 0.616. The van der Waals surface area contributed by atoms with Gasteiger partial charge in [-0.1, -0.05) is 11.8 Å². The molecular weight excluding hydrogens is 340 g/mol. The van der Waals surface area contributed by atoms with Crippen LogP contribution in [0.5, 0.6) is 5.75 Å². The molecule has 0 unspecified atom stereocenters. The summed E-state index contributed by atoms with van der Waals surface area (Å²) in [6.45, 7) is 1.69. The van der Waals surface area contributed by atoms with Crippen molar-refractivity contribution in [3.63, 3.8) is 0 Å². The molecule has 3 heterocycles. The number of carbonyl (C=O) groups excluding carboxylic acids is 2. The maximum Gasteiger partial charge on any atom is 0.227 e. The summed E-state index contributed by atoms with van der Waals surface area (Å²) >= 11 is 1.72. The number of carbonyl (C=O) groups is 2. The molecule has 8 heteroatoms. The molecule has 0 radical (unpaired) electrons. The molecule has 0 saturated carbocycles. The van der Waals surface area contributed by atoms with Crippen LogP contribution in [0.1, 0.15) is 12.1 Å². The number of fused-ring (bicyclic) bond motifs is 1. The zero-order chi connectivity index (χ0) is 17.4. The van der Waals surface area contributed by atoms with Crippen LogP contribution in [-0.4, -0.2) is 38.8 Å². The average Bonchev–Trinajstić information content (AvgIpc) is 3.28. The second-order valence-corrected chi connectivity index (χ2v) is 7.26. The first-order valence-corrected chi connectivity index (χ1v) is 9.14. The molecule has 0 bridgehead atoms. The van der Waals surface area contributed by atoms with Crippen LogP contribution < -0.4 is 10.2 Å². The number of aryl methyl sites for hydroxylation is 1. The van der Waals surface area contributed by atoms with Gasteiger partial charge in [-0.15, -0.1) is 0 Å². The second-order valence-electron chi connectivity index (χ2n) is 6.20. The summed E-state index contributed by atoms with van der Waals surface area (Å²) in [5.41, 5.74) is 1.54. The van der Waals surface area contributed by atoms with Gasteiger partial charge in [0.05, 0.1) is 18.2 Å². The summed E-state index contributed by atoms with van der Waals surface area (Å²) in [5, 5.41) is 13.2. The number of phenols is 1. The van der Waals surface area contributed by atoms with E-state index >= 15 is 0 Å². The Labute approximate surface area is 149 Å². The van der Waals surface area contributed by atoms with Gasteiger partial charge in [-0.2, -0.15) is 0 Å². The van der Waals surface area contributed by atoms with E-state index in [4.69, 9.17) is 0 Å². The number of anilines is 1. The molecule has 1 aromatic heterocycles. The lowest BCUT2D eigenvalue weighted by atomic mass is 10.1. The zero-order valence-corrected chi connectivity index (χ0v) is 14.3. The summed E-state index contributed by atoms with van der Waals surface area (Å²) in [6.07, 6.45) is 2.17. The molecule has 130 valence electrons. The molecule has 7 nitrogen and oxygen atoms in total. The fraction of sp³-hybridized carbons (Fsp3) is 0.353. The molecule has 1 aromatic carbocycles. The first kappa shape index (κ1) is 16.0. The van der Waals surface area contributed by atoms with E-state index in [1.54, 1.807) is 28.8 Å². The van der Waals surface area contributed by atoms with Gasteiger partial charge in [-0.05, 0) is 24.3 Å². The molecule has 2 amide bonds. The fourth-order valence-corrected chi connectivity index (χ4v) is 4.10. The Morgan fingerprint density at radius 1 is 1.36 bits per heavy atom. The van der Waals surface area contributed by atoms with Crippen LogP contribution in [0.2, 0.25) is 0 Å². The third-order valence-corrected chi connectivity index (χ3v) is 5.42. The highest BCUT2D eigenvalue weighted by atomic mass is 32.2. The molecular formula is C17H18N4O3S. The van der Waals surface area contributed by atoms with Gasteiger partial charge in [0.2, 0.25) is 11.8 Å². The lowest BCUT2D eigenvalue weighted by Gasteiger charge is -2.16. The van der Waals surface area contributed by atoms with E-state index in [0.717, 1.165) is 23.1 Å². The summed E-state index contributed by atoms with van der Waals surface area (Å²) in [6, 6.07) is 6.42. The minimum absolute atomic E-state index is 0.0804. The van der Waals surface area contributed by atoms with Crippen LogP contribution in [0.3, 0.4) is 0 Å². The van der Waals surface area contributed by atoms with Gasteiger partial charge < -0.3 is 19.9 Å². The van der Waals surface area contributed by atoms with E-state index in [9.17, 15) is 14.7 Å². The standard InChI is InChI=1S/C17H18N4O3S/c22-14-3-1-13(2-4-14)21-9-11(7-15(21)23)16(24)18-8-12-10-20-5-6-25-17(20)19-12/h1-4,10-11,22H,5-9H2,(H,18,24)/t11-/m1/s1. The number of thioether (sulfide) groups is 1. The van der Waals surface area contributed by atoms with Crippen molar-refractivity contribution >= 4 is 29.3 Å². The summed E-state index contributed by atoms with van der Waals surface area (Å²) < 4.78 is 2.10. The van der Waals surface area contributed by atoms with Crippen LogP contribution >= 0.6 is 11.8 Å². The number of nitrogens with one attached hydrogen (secondary N) is 1. The SMILES string of the molecule is O=C(NCc1cn2c(n1)SCC2)[C@@H]1CC(=O)N(c2ccc(O)cc2)C1. The van der Waals surface area contributed by atoms with Gasteiger partial charge in [-0.3, -0.25) is 9.59 Å². The Morgan fingerprint density at radius 3 is 2.92 bits per heavy atom. The van der Waals surface area contributed by atoms with Crippen molar-refractivity contribution in [3.05, 3.63) is 36.2 Å². The normalized spacial score (nSPS) is 19.3. The molecule has 4 rings (SSSR count). The molecule has 2 aromatic rings. The molecule has 0 aliphatic carbocycles. The number of phenolic OH excluding ortho intramolecular Hbond substituents is 1. The Hall–Kier alpha value is -2.48. The van der Waals surface area contributed by atoms with Crippen LogP contribution in [0.15, 0.2) is 35.6 Å². The van der Waals surface area contributed by atoms with Crippen molar-refractivity contribution in [2.75, 3.05) is 17.2 Å². The van der Waals surface area contributed by atoms with E-state index in [2.05, 4.69) is 14.9 Å². The van der Waals surface area contributed by atoms with E-state index in [-0.39, 0.29) is 29.9 Å². The maximum atomic E-state index is 12.4. The van der Waals surface area contributed by atoms with Crippen molar-refractivity contribution in [1.82, 2.24) is 14.9 Å². The van der Waals surface area contributed by atoms with E-state index in [1.807, 2.05) is 6.20 Å². The molecule has 1 fully saturated rings. The number of aromatic hydroxyl groups is 1. The van der Waals surface area contributed by atoms with Gasteiger partial charge in [0, 0.05) is 37.1 Å². The van der Waals surface area contributed by atoms with E-state index in [0.29, 0.717) is 18.8 Å². The lowest BCUT2D eigenvalue weighted by molar-refractivity contribution is -0.126. The highest BCUT2D eigenvalue weighted by Gasteiger charge is 2.35. The number of aromatic nitrogens is 2. The van der Waals surface area contributed by atoms with Gasteiger partial charge in [0.25, 0.3) is 0 Å². The molecule has 1 saturated heterocycles. The molecule has 2 aliphatic heterocycles. The second kappa shape index (κ2) is 6.44. The van der Waals surface area contributed by atoms with E-state index < -0.39 is 0 Å². The highest BCUT2D eigenvalue weighted by Crippen LogP contribution is 2.27. The molecule has 1 atom stereocenters. The molecule has 0 spiro atoms. The minimum atomic E-state index is -0.370. The number of rotatable bonds is 4. The Bertz CT molecular complexity index is 796. The number of hydrogen-bond acceptors (Lipinski definition) is 5. The Balaban J connectivity index is 1.36. The topological polar surface area (TPSA) is 87.5 Å². The number of imidazole rings is 1. The van der Waals surface area contributed by atoms with Gasteiger partial charge in [0.1, 0.15) is 5.75 Å². The van der Waals surface area contributed by atoms with Crippen molar-refractivity contribution < 1.29 is 14.7 Å². The highest BCUT2D eigenvalue weighted by molar-refractivity contribution is 7.99. The Morgan fingerprint density at radius 2 is 2.16 bits per heavy atom. The predicted molar refractivity (Wildman–Crippen MR) is 93.4 cm³/mol. The zero-order valence-electron chi connectivity index (χ0n) is 13.5. The summed E-state index contributed by atoms with van der Waals surface area (Å²) in [4.78, 5) is 30.7. The predicted octanol–water partition coefficient (Wildman–Crippen LogP) is 1.36. The third-order valence-electron chi connectivity index (χ3n) is 4.45. The van der Waals surface area contributed by atoms with Gasteiger partial charge in [0.15, 0.2) is 5.16 Å². The first-order valence-electron chi connectivity index (χ1n) is 8.16. The smallest absolute Gasteiger partial charge is 0.227 e. The number of hydrogen-bond donors (Lipinski definition) is 2. The number of benzene rings is 1. The van der Waals surface area contributed by atoms with Crippen LogP contribution in [-0.2, 0) is 22.7 Å². The minimum Gasteiger partial charge on any atom is -0.508 e. The largest absolute Gasteiger partial charge is 0.508 e. The quantitative estimate of drug-likeness (QED) is 0.862. The molecule has 2 aliphatic rings. The first-order chi connectivity index (χ1) is 12.1. The third kappa shape index (κ3) is 3.21. The number of nitrogens with zero attached hydrogens (tertiary/aromatic N) is 3. The molecule has 25 heavy (non-hydrogen) atoms. The lowest BCUT2D eigenvalue weighted by Crippen LogP contribution is -2.32. The summed E-state index contributed by atoms with van der Waals surface area (Å²) in [7, 11) is 0. The van der Waals surface area contributed by atoms with Crippen LogP contribution in [0.25, 0.3) is 0 Å². The molecule has 2 N–H and O–H groups in total.